The predicted molar refractivity (Wildman–Crippen MR) is 55.9 cm³/mol. The van der Waals surface area contributed by atoms with Gasteiger partial charge in [-0.2, -0.15) is 0 Å². The van der Waals surface area contributed by atoms with Gasteiger partial charge in [-0.25, -0.2) is 0 Å². The minimum absolute atomic E-state index is 0.0235. The van der Waals surface area contributed by atoms with Crippen LogP contribution in [0.1, 0.15) is 39.5 Å². The van der Waals surface area contributed by atoms with Crippen LogP contribution in [-0.2, 0) is 14.3 Å². The molecule has 1 N–H and O–H groups in total. The van der Waals surface area contributed by atoms with Crippen molar-refractivity contribution >= 4 is 5.97 Å². The maximum absolute atomic E-state index is 10.7. The van der Waals surface area contributed by atoms with E-state index in [0.717, 1.165) is 19.3 Å². The molecule has 15 heavy (non-hydrogen) atoms. The van der Waals surface area contributed by atoms with Crippen molar-refractivity contribution in [2.45, 2.75) is 51.2 Å². The third kappa shape index (κ3) is 3.80. The molecule has 1 saturated carbocycles. The quantitative estimate of drug-likeness (QED) is 0.705. The van der Waals surface area contributed by atoms with Crippen LogP contribution < -0.4 is 0 Å². The number of carboxylic acids is 1. The zero-order valence-corrected chi connectivity index (χ0v) is 9.49. The van der Waals surface area contributed by atoms with E-state index in [1.54, 1.807) is 0 Å². The molecular formula is C11H20O4. The zero-order chi connectivity index (χ0) is 11.3. The van der Waals surface area contributed by atoms with Crippen molar-refractivity contribution in [3.63, 3.8) is 0 Å². The summed E-state index contributed by atoms with van der Waals surface area (Å²) in [5.41, 5.74) is -0.414. The molecule has 0 aromatic carbocycles. The third-order valence-corrected chi connectivity index (χ3v) is 2.75. The summed E-state index contributed by atoms with van der Waals surface area (Å²) in [6, 6.07) is 0. The molecule has 0 heterocycles. The van der Waals surface area contributed by atoms with Crippen molar-refractivity contribution in [3.8, 4) is 0 Å². The van der Waals surface area contributed by atoms with Crippen molar-refractivity contribution in [1.29, 1.82) is 0 Å². The molecule has 0 radical (unpaired) electrons. The van der Waals surface area contributed by atoms with E-state index >= 15 is 0 Å². The molecule has 0 bridgehead atoms. The van der Waals surface area contributed by atoms with E-state index in [9.17, 15) is 4.79 Å². The van der Waals surface area contributed by atoms with Gasteiger partial charge in [0.2, 0.25) is 0 Å². The van der Waals surface area contributed by atoms with Gasteiger partial charge in [-0.3, -0.25) is 4.79 Å². The largest absolute Gasteiger partial charge is 0.481 e. The summed E-state index contributed by atoms with van der Waals surface area (Å²) in [6.45, 7) is 5.07. The molecular weight excluding hydrogens is 196 g/mol. The van der Waals surface area contributed by atoms with Crippen LogP contribution in [0.4, 0.5) is 0 Å². The number of carboxylic acid groups (broad SMARTS) is 1. The van der Waals surface area contributed by atoms with E-state index in [2.05, 4.69) is 0 Å². The molecule has 0 aliphatic heterocycles. The molecule has 1 aliphatic rings. The Balaban J connectivity index is 2.35. The lowest BCUT2D eigenvalue weighted by Gasteiger charge is -2.42. The monoisotopic (exact) mass is 216 g/mol. The fourth-order valence-corrected chi connectivity index (χ4v) is 1.93. The van der Waals surface area contributed by atoms with Crippen LogP contribution in [-0.4, -0.2) is 36.0 Å². The summed E-state index contributed by atoms with van der Waals surface area (Å²) >= 11 is 0. The number of ether oxygens (including phenoxy) is 2. The summed E-state index contributed by atoms with van der Waals surface area (Å²) in [7, 11) is 0. The summed E-state index contributed by atoms with van der Waals surface area (Å²) in [5, 5.41) is 8.79. The maximum Gasteiger partial charge on any atom is 0.306 e. The maximum atomic E-state index is 10.7. The van der Waals surface area contributed by atoms with Gasteiger partial charge in [0.05, 0.1) is 24.7 Å². The molecule has 4 heteroatoms. The minimum Gasteiger partial charge on any atom is -0.481 e. The molecule has 1 aliphatic carbocycles. The Morgan fingerprint density at radius 1 is 1.53 bits per heavy atom. The molecule has 1 rings (SSSR count). The lowest BCUT2D eigenvalue weighted by Crippen LogP contribution is -2.45. The summed E-state index contributed by atoms with van der Waals surface area (Å²) in [4.78, 5) is 10.7. The van der Waals surface area contributed by atoms with Crippen molar-refractivity contribution < 1.29 is 19.4 Å². The first-order valence-electron chi connectivity index (χ1n) is 5.55. The van der Waals surface area contributed by atoms with Gasteiger partial charge in [0.15, 0.2) is 0 Å². The summed E-state index contributed by atoms with van der Waals surface area (Å²) in [6.07, 6.45) is 2.87. The van der Waals surface area contributed by atoms with E-state index in [1.807, 2.05) is 13.8 Å². The lowest BCUT2D eigenvalue weighted by molar-refractivity contribution is -0.171. The van der Waals surface area contributed by atoms with Crippen molar-refractivity contribution in [1.82, 2.24) is 0 Å². The van der Waals surface area contributed by atoms with E-state index in [0.29, 0.717) is 13.2 Å². The van der Waals surface area contributed by atoms with Crippen LogP contribution >= 0.6 is 0 Å². The summed E-state index contributed by atoms with van der Waals surface area (Å²) < 4.78 is 11.0. The fourth-order valence-electron chi connectivity index (χ4n) is 1.93. The Hall–Kier alpha value is -0.610. The van der Waals surface area contributed by atoms with Gasteiger partial charge in [0.25, 0.3) is 0 Å². The van der Waals surface area contributed by atoms with Gasteiger partial charge in [-0.15, -0.1) is 0 Å². The van der Waals surface area contributed by atoms with Crippen molar-refractivity contribution in [2.75, 3.05) is 13.2 Å². The predicted octanol–water partition coefficient (Wildman–Crippen LogP) is 1.83. The Morgan fingerprint density at radius 3 is 2.60 bits per heavy atom. The topological polar surface area (TPSA) is 55.8 Å². The highest BCUT2D eigenvalue weighted by molar-refractivity contribution is 5.68. The first-order chi connectivity index (χ1) is 7.08. The van der Waals surface area contributed by atoms with E-state index in [-0.39, 0.29) is 12.5 Å². The van der Waals surface area contributed by atoms with Crippen LogP contribution in [0.25, 0.3) is 0 Å². The normalized spacial score (nSPS) is 20.7. The van der Waals surface area contributed by atoms with Gasteiger partial charge in [0, 0.05) is 6.61 Å². The summed E-state index contributed by atoms with van der Waals surface area (Å²) in [5.74, 6) is -0.779. The Labute approximate surface area is 90.6 Å². The highest BCUT2D eigenvalue weighted by Crippen LogP contribution is 2.39. The molecule has 4 nitrogen and oxygen atoms in total. The second kappa shape index (κ2) is 5.47. The van der Waals surface area contributed by atoms with Crippen LogP contribution in [0.15, 0.2) is 0 Å². The molecule has 1 atom stereocenters. The third-order valence-electron chi connectivity index (χ3n) is 2.75. The van der Waals surface area contributed by atoms with Crippen LogP contribution in [0, 0.1) is 0 Å². The average Bonchev–Trinajstić information content (AvgIpc) is 2.10. The molecule has 1 unspecified atom stereocenters. The highest BCUT2D eigenvalue weighted by Gasteiger charge is 2.41. The van der Waals surface area contributed by atoms with E-state index in [4.69, 9.17) is 14.6 Å². The van der Waals surface area contributed by atoms with Crippen molar-refractivity contribution in [2.24, 2.45) is 0 Å². The standard InChI is InChI=1S/C11H20O4/c1-3-14-8-9(2)15-11(5-4-6-11)7-10(12)13/h9H,3-8H2,1-2H3,(H,12,13). The second-order valence-electron chi connectivity index (χ2n) is 4.20. The highest BCUT2D eigenvalue weighted by atomic mass is 16.5. The Bertz CT molecular complexity index is 211. The van der Waals surface area contributed by atoms with Gasteiger partial charge in [0.1, 0.15) is 0 Å². The molecule has 0 saturated heterocycles. The SMILES string of the molecule is CCOCC(C)OC1(CC(=O)O)CCC1. The van der Waals surface area contributed by atoms with Crippen LogP contribution in [0.5, 0.6) is 0 Å². The first kappa shape index (κ1) is 12.5. The lowest BCUT2D eigenvalue weighted by atomic mass is 9.77. The number of aliphatic carboxylic acids is 1. The van der Waals surface area contributed by atoms with E-state index < -0.39 is 11.6 Å². The molecule has 0 aromatic heterocycles. The number of hydrogen-bond donors (Lipinski definition) is 1. The van der Waals surface area contributed by atoms with Crippen molar-refractivity contribution in [3.05, 3.63) is 0 Å². The second-order valence-corrected chi connectivity index (χ2v) is 4.20. The smallest absolute Gasteiger partial charge is 0.306 e. The minimum atomic E-state index is -0.779. The van der Waals surface area contributed by atoms with Crippen LogP contribution in [0.3, 0.4) is 0 Å². The molecule has 1 fully saturated rings. The van der Waals surface area contributed by atoms with Crippen LogP contribution in [0.2, 0.25) is 0 Å². The first-order valence-corrected chi connectivity index (χ1v) is 5.55. The van der Waals surface area contributed by atoms with Gasteiger partial charge >= 0.3 is 5.97 Å². The number of rotatable bonds is 7. The van der Waals surface area contributed by atoms with Gasteiger partial charge < -0.3 is 14.6 Å². The Kier molecular flexibility index (Phi) is 4.54. The molecule has 0 amide bonds. The average molecular weight is 216 g/mol. The van der Waals surface area contributed by atoms with Gasteiger partial charge in [-0.1, -0.05) is 0 Å². The molecule has 0 spiro atoms. The number of carbonyl (C=O) groups is 1. The Morgan fingerprint density at radius 2 is 2.20 bits per heavy atom. The fraction of sp³-hybridized carbons (Fsp3) is 0.909. The zero-order valence-electron chi connectivity index (χ0n) is 9.49. The molecule has 88 valence electrons. The molecule has 0 aromatic rings. The van der Waals surface area contributed by atoms with E-state index in [1.165, 1.54) is 0 Å². The van der Waals surface area contributed by atoms with Gasteiger partial charge in [-0.05, 0) is 33.1 Å². The number of hydrogen-bond acceptors (Lipinski definition) is 3.